The van der Waals surface area contributed by atoms with Gasteiger partial charge in [0.15, 0.2) is 0 Å². The maximum Gasteiger partial charge on any atom is 0.305 e. The van der Waals surface area contributed by atoms with Gasteiger partial charge in [-0.2, -0.15) is 0 Å². The molecule has 6 heteroatoms. The number of anilines is 1. The van der Waals surface area contributed by atoms with Gasteiger partial charge in [0.25, 0.3) is 0 Å². The molecule has 1 atom stereocenters. The summed E-state index contributed by atoms with van der Waals surface area (Å²) in [6.45, 7) is 1.17. The number of carbonyl (C=O) groups is 2. The molecule has 0 unspecified atom stereocenters. The SMILES string of the molecule is Nc1ccc(C[C@H](CC(=O)O)NC(=O)C2CCOCC2)cc1. The van der Waals surface area contributed by atoms with Crippen LogP contribution in [-0.4, -0.2) is 36.2 Å². The second-order valence-electron chi connectivity index (χ2n) is 5.64. The van der Waals surface area contributed by atoms with Crippen LogP contribution in [-0.2, 0) is 20.7 Å². The fourth-order valence-electron chi connectivity index (χ4n) is 2.60. The lowest BCUT2D eigenvalue weighted by Gasteiger charge is -2.24. The number of carboxylic acids is 1. The topological polar surface area (TPSA) is 102 Å². The number of hydrogen-bond acceptors (Lipinski definition) is 4. The molecule has 22 heavy (non-hydrogen) atoms. The molecule has 0 radical (unpaired) electrons. The number of carboxylic acid groups (broad SMARTS) is 1. The highest BCUT2D eigenvalue weighted by Crippen LogP contribution is 2.16. The summed E-state index contributed by atoms with van der Waals surface area (Å²) in [6, 6.07) is 6.83. The number of aliphatic carboxylic acids is 1. The molecule has 0 saturated carbocycles. The van der Waals surface area contributed by atoms with Crippen molar-refractivity contribution in [2.24, 2.45) is 5.92 Å². The fraction of sp³-hybridized carbons (Fsp3) is 0.500. The molecule has 2 rings (SSSR count). The first-order valence-electron chi connectivity index (χ1n) is 7.49. The summed E-state index contributed by atoms with van der Waals surface area (Å²) >= 11 is 0. The van der Waals surface area contributed by atoms with Crippen LogP contribution in [0, 0.1) is 5.92 Å². The monoisotopic (exact) mass is 306 g/mol. The van der Waals surface area contributed by atoms with Crippen LogP contribution in [0.5, 0.6) is 0 Å². The van der Waals surface area contributed by atoms with E-state index in [4.69, 9.17) is 15.6 Å². The molecule has 6 nitrogen and oxygen atoms in total. The minimum atomic E-state index is -0.923. The molecule has 0 spiro atoms. The molecule has 1 aromatic carbocycles. The van der Waals surface area contributed by atoms with Crippen LogP contribution in [0.4, 0.5) is 5.69 Å². The Balaban J connectivity index is 1.97. The van der Waals surface area contributed by atoms with Crippen LogP contribution >= 0.6 is 0 Å². The van der Waals surface area contributed by atoms with Gasteiger partial charge in [-0.15, -0.1) is 0 Å². The van der Waals surface area contributed by atoms with E-state index in [1.165, 1.54) is 0 Å². The number of nitrogens with one attached hydrogen (secondary N) is 1. The largest absolute Gasteiger partial charge is 0.481 e. The van der Waals surface area contributed by atoms with Crippen LogP contribution in [0.15, 0.2) is 24.3 Å². The molecule has 1 amide bonds. The van der Waals surface area contributed by atoms with Crippen molar-refractivity contribution in [2.45, 2.75) is 31.7 Å². The third-order valence-corrected chi connectivity index (χ3v) is 3.82. The van der Waals surface area contributed by atoms with Gasteiger partial charge in [0, 0.05) is 30.9 Å². The third kappa shape index (κ3) is 5.04. The number of benzene rings is 1. The van der Waals surface area contributed by atoms with Crippen molar-refractivity contribution in [3.8, 4) is 0 Å². The summed E-state index contributed by atoms with van der Waals surface area (Å²) in [5, 5.41) is 11.9. The van der Waals surface area contributed by atoms with Gasteiger partial charge in [-0.05, 0) is 37.0 Å². The lowest BCUT2D eigenvalue weighted by molar-refractivity contribution is -0.138. The van der Waals surface area contributed by atoms with E-state index in [0.717, 1.165) is 5.56 Å². The van der Waals surface area contributed by atoms with E-state index in [9.17, 15) is 9.59 Å². The van der Waals surface area contributed by atoms with Crippen molar-refractivity contribution >= 4 is 17.6 Å². The number of nitrogen functional groups attached to an aromatic ring is 1. The summed E-state index contributed by atoms with van der Waals surface area (Å²) in [5.41, 5.74) is 7.25. The third-order valence-electron chi connectivity index (χ3n) is 3.82. The Hall–Kier alpha value is -2.08. The molecule has 4 N–H and O–H groups in total. The van der Waals surface area contributed by atoms with Gasteiger partial charge in [0.1, 0.15) is 0 Å². The highest BCUT2D eigenvalue weighted by Gasteiger charge is 2.24. The Morgan fingerprint density at radius 1 is 1.27 bits per heavy atom. The molecule has 1 fully saturated rings. The summed E-state index contributed by atoms with van der Waals surface area (Å²) in [4.78, 5) is 23.3. The Bertz CT molecular complexity index is 509. The zero-order chi connectivity index (χ0) is 15.9. The number of rotatable bonds is 6. The summed E-state index contributed by atoms with van der Waals surface area (Å²) < 4.78 is 5.24. The normalized spacial score (nSPS) is 16.9. The maximum absolute atomic E-state index is 12.3. The lowest BCUT2D eigenvalue weighted by Crippen LogP contribution is -2.42. The predicted octanol–water partition coefficient (Wildman–Crippen LogP) is 1.20. The van der Waals surface area contributed by atoms with Crippen LogP contribution in [0.25, 0.3) is 0 Å². The minimum absolute atomic E-state index is 0.0787. The first-order valence-corrected chi connectivity index (χ1v) is 7.49. The average molecular weight is 306 g/mol. The van der Waals surface area contributed by atoms with Gasteiger partial charge < -0.3 is 20.9 Å². The number of ether oxygens (including phenoxy) is 1. The smallest absolute Gasteiger partial charge is 0.305 e. The maximum atomic E-state index is 12.3. The zero-order valence-electron chi connectivity index (χ0n) is 12.5. The van der Waals surface area contributed by atoms with Gasteiger partial charge in [-0.3, -0.25) is 9.59 Å². The van der Waals surface area contributed by atoms with Crippen molar-refractivity contribution < 1.29 is 19.4 Å². The molecule has 120 valence electrons. The number of hydrogen-bond donors (Lipinski definition) is 3. The molecule has 1 aliphatic heterocycles. The van der Waals surface area contributed by atoms with E-state index < -0.39 is 12.0 Å². The molecule has 1 heterocycles. The average Bonchev–Trinajstić information content (AvgIpc) is 2.50. The number of carbonyl (C=O) groups excluding carboxylic acids is 1. The van der Waals surface area contributed by atoms with E-state index in [-0.39, 0.29) is 18.2 Å². The highest BCUT2D eigenvalue weighted by atomic mass is 16.5. The second kappa shape index (κ2) is 7.79. The van der Waals surface area contributed by atoms with Crippen LogP contribution < -0.4 is 11.1 Å². The Morgan fingerprint density at radius 3 is 2.50 bits per heavy atom. The van der Waals surface area contributed by atoms with Crippen LogP contribution in [0.1, 0.15) is 24.8 Å². The fourth-order valence-corrected chi connectivity index (χ4v) is 2.60. The van der Waals surface area contributed by atoms with E-state index in [1.807, 2.05) is 12.1 Å². The first kappa shape index (κ1) is 16.3. The first-order chi connectivity index (χ1) is 10.5. The molecule has 1 saturated heterocycles. The molecule has 1 aromatic rings. The standard InChI is InChI=1S/C16H22N2O4/c17-13-3-1-11(2-4-13)9-14(10-15(19)20)18-16(21)12-5-7-22-8-6-12/h1-4,12,14H,5-10,17H2,(H,18,21)(H,19,20)/t14-/m1/s1. The van der Waals surface area contributed by atoms with Crippen molar-refractivity contribution in [1.82, 2.24) is 5.32 Å². The van der Waals surface area contributed by atoms with Gasteiger partial charge in [0.05, 0.1) is 6.42 Å². The summed E-state index contributed by atoms with van der Waals surface area (Å²) in [7, 11) is 0. The molecule has 1 aliphatic rings. The van der Waals surface area contributed by atoms with E-state index in [0.29, 0.717) is 38.2 Å². The van der Waals surface area contributed by atoms with E-state index >= 15 is 0 Å². The van der Waals surface area contributed by atoms with Crippen molar-refractivity contribution in [1.29, 1.82) is 0 Å². The number of nitrogens with two attached hydrogens (primary N) is 1. The lowest BCUT2D eigenvalue weighted by atomic mass is 9.97. The number of amides is 1. The van der Waals surface area contributed by atoms with Crippen molar-refractivity contribution in [3.63, 3.8) is 0 Å². The summed E-state index contributed by atoms with van der Waals surface area (Å²) in [5.74, 6) is -1.09. The molecular weight excluding hydrogens is 284 g/mol. The van der Waals surface area contributed by atoms with E-state index in [2.05, 4.69) is 5.32 Å². The van der Waals surface area contributed by atoms with Crippen molar-refractivity contribution in [2.75, 3.05) is 18.9 Å². The Kier molecular flexibility index (Phi) is 5.77. The Morgan fingerprint density at radius 2 is 1.91 bits per heavy atom. The Labute approximate surface area is 129 Å². The highest BCUT2D eigenvalue weighted by molar-refractivity contribution is 5.80. The quantitative estimate of drug-likeness (QED) is 0.685. The van der Waals surface area contributed by atoms with Gasteiger partial charge in [0.2, 0.25) is 5.91 Å². The molecule has 0 bridgehead atoms. The van der Waals surface area contributed by atoms with Gasteiger partial charge in [-0.25, -0.2) is 0 Å². The van der Waals surface area contributed by atoms with E-state index in [1.54, 1.807) is 12.1 Å². The molecule has 0 aromatic heterocycles. The predicted molar refractivity (Wildman–Crippen MR) is 82.3 cm³/mol. The van der Waals surface area contributed by atoms with Gasteiger partial charge in [-0.1, -0.05) is 12.1 Å². The van der Waals surface area contributed by atoms with Crippen LogP contribution in [0.2, 0.25) is 0 Å². The molecular formula is C16H22N2O4. The minimum Gasteiger partial charge on any atom is -0.481 e. The summed E-state index contributed by atoms with van der Waals surface area (Å²) in [6.07, 6.45) is 1.75. The van der Waals surface area contributed by atoms with Crippen molar-refractivity contribution in [3.05, 3.63) is 29.8 Å². The second-order valence-corrected chi connectivity index (χ2v) is 5.64. The molecule has 0 aliphatic carbocycles. The van der Waals surface area contributed by atoms with Gasteiger partial charge >= 0.3 is 5.97 Å². The zero-order valence-corrected chi connectivity index (χ0v) is 12.5. The van der Waals surface area contributed by atoms with Crippen LogP contribution in [0.3, 0.4) is 0 Å².